The summed E-state index contributed by atoms with van der Waals surface area (Å²) in [7, 11) is 1.38. The van der Waals surface area contributed by atoms with E-state index in [-0.39, 0.29) is 32.4 Å². The number of amides is 1. The summed E-state index contributed by atoms with van der Waals surface area (Å²) in [6.07, 6.45) is 0. The number of carbonyl (C=O) groups is 2. The second kappa shape index (κ2) is 13.1. The van der Waals surface area contributed by atoms with Gasteiger partial charge in [0.1, 0.15) is 11.5 Å². The maximum Gasteiger partial charge on any atom is 0.301 e. The zero-order chi connectivity index (χ0) is 30.8. The Morgan fingerprint density at radius 3 is 2.53 bits per heavy atom. The Labute approximate surface area is 273 Å². The van der Waals surface area contributed by atoms with E-state index in [9.17, 15) is 19.8 Å². The summed E-state index contributed by atoms with van der Waals surface area (Å²) in [5.41, 5.74) is 1.37. The number of hydrogen-bond acceptors (Lipinski definition) is 10. The summed E-state index contributed by atoms with van der Waals surface area (Å²) in [5, 5.41) is 31.5. The molecular formula is C29H22BrCl2N3O6S2. The Hall–Kier alpha value is -3.29. The number of aromatic hydroxyl groups is 1. The number of Topliss-reactive ketones (excluding diaryl/α,β-unsaturated/α-hetero) is 1. The molecule has 9 nitrogen and oxygen atoms in total. The molecule has 1 saturated heterocycles. The van der Waals surface area contributed by atoms with Gasteiger partial charge in [-0.3, -0.25) is 14.5 Å². The van der Waals surface area contributed by atoms with Crippen LogP contribution in [0, 0.1) is 0 Å². The van der Waals surface area contributed by atoms with Crippen LogP contribution in [0.25, 0.3) is 5.76 Å². The Balaban J connectivity index is 1.57. The van der Waals surface area contributed by atoms with E-state index in [2.05, 4.69) is 26.1 Å². The quantitative estimate of drug-likeness (QED) is 0.0590. The SMILES string of the molecule is CCOc1ccc(/C(O)=C2/C(=O)C(=O)N(c3nnc(SCc4ccc(Cl)cc4Cl)s3)C2c2cc(Br)c(O)c(OC)c2)cc1. The van der Waals surface area contributed by atoms with Gasteiger partial charge >= 0.3 is 5.91 Å². The number of halogens is 3. The average molecular weight is 723 g/mol. The van der Waals surface area contributed by atoms with E-state index in [0.717, 1.165) is 16.9 Å². The zero-order valence-electron chi connectivity index (χ0n) is 22.5. The van der Waals surface area contributed by atoms with E-state index in [1.807, 2.05) is 13.0 Å². The fourth-order valence-corrected chi connectivity index (χ4v) is 7.31. The average Bonchev–Trinajstić information content (AvgIpc) is 3.56. The van der Waals surface area contributed by atoms with Gasteiger partial charge in [-0.15, -0.1) is 10.2 Å². The van der Waals surface area contributed by atoms with Gasteiger partial charge in [0, 0.05) is 21.4 Å². The van der Waals surface area contributed by atoms with E-state index in [1.54, 1.807) is 42.5 Å². The first kappa shape index (κ1) is 31.1. The molecule has 14 heteroatoms. The Bertz CT molecular complexity index is 1750. The molecule has 2 N–H and O–H groups in total. The number of ether oxygens (including phenoxy) is 2. The van der Waals surface area contributed by atoms with Gasteiger partial charge < -0.3 is 19.7 Å². The molecule has 1 fully saturated rings. The Kier molecular flexibility index (Phi) is 9.52. The first-order valence-corrected chi connectivity index (χ1v) is 16.0. The number of aliphatic hydroxyl groups excluding tert-OH is 1. The molecule has 0 aliphatic carbocycles. The number of nitrogens with zero attached hydrogens (tertiary/aromatic N) is 3. The topological polar surface area (TPSA) is 122 Å². The van der Waals surface area contributed by atoms with Crippen molar-refractivity contribution in [3.05, 3.63) is 91.4 Å². The first-order chi connectivity index (χ1) is 20.6. The molecule has 43 heavy (non-hydrogen) atoms. The monoisotopic (exact) mass is 721 g/mol. The van der Waals surface area contributed by atoms with E-state index in [1.165, 1.54) is 29.8 Å². The lowest BCUT2D eigenvalue weighted by atomic mass is 9.95. The lowest BCUT2D eigenvalue weighted by Crippen LogP contribution is -2.29. The van der Waals surface area contributed by atoms with Crippen LogP contribution in [0.2, 0.25) is 10.0 Å². The molecule has 1 aliphatic rings. The molecule has 3 aromatic carbocycles. The molecule has 222 valence electrons. The van der Waals surface area contributed by atoms with Gasteiger partial charge in [0.25, 0.3) is 5.78 Å². The Morgan fingerprint density at radius 2 is 1.86 bits per heavy atom. The molecule has 0 bridgehead atoms. The van der Waals surface area contributed by atoms with Crippen molar-refractivity contribution >= 4 is 84.8 Å². The third-order valence-corrected chi connectivity index (χ3v) is 9.73. The van der Waals surface area contributed by atoms with Crippen LogP contribution >= 0.6 is 62.2 Å². The van der Waals surface area contributed by atoms with E-state index in [0.29, 0.717) is 43.6 Å². The van der Waals surface area contributed by atoms with Gasteiger partial charge in [0.15, 0.2) is 15.8 Å². The predicted molar refractivity (Wildman–Crippen MR) is 171 cm³/mol. The number of phenolic OH excluding ortho intramolecular Hbond substituents is 1. The van der Waals surface area contributed by atoms with E-state index >= 15 is 0 Å². The number of aliphatic hydroxyl groups is 1. The lowest BCUT2D eigenvalue weighted by Gasteiger charge is -2.23. The van der Waals surface area contributed by atoms with Crippen molar-refractivity contribution in [3.63, 3.8) is 0 Å². The van der Waals surface area contributed by atoms with Crippen LogP contribution in [0.4, 0.5) is 5.13 Å². The summed E-state index contributed by atoms with van der Waals surface area (Å²) in [4.78, 5) is 28.3. The van der Waals surface area contributed by atoms with Gasteiger partial charge in [-0.2, -0.15) is 0 Å². The number of aromatic nitrogens is 2. The van der Waals surface area contributed by atoms with E-state index < -0.39 is 17.7 Å². The molecule has 1 aliphatic heterocycles. The second-order valence-corrected chi connectivity index (χ2v) is 12.9. The number of ketones is 1. The van der Waals surface area contributed by atoms with Crippen LogP contribution in [0.3, 0.4) is 0 Å². The summed E-state index contributed by atoms with van der Waals surface area (Å²) in [6, 6.07) is 13.6. The van der Waals surface area contributed by atoms with Crippen molar-refractivity contribution in [2.45, 2.75) is 23.1 Å². The minimum absolute atomic E-state index is 0.101. The molecule has 1 unspecified atom stereocenters. The molecule has 4 aromatic rings. The first-order valence-electron chi connectivity index (χ1n) is 12.6. The standard InChI is InChI=1S/C29H22BrCl2N3O6S2/c1-3-41-18-8-5-14(6-9-18)24(36)22-23(16-10-19(30)25(37)21(11-16)40-2)35(27(39)26(22)38)28-33-34-29(43-28)42-13-15-4-7-17(31)12-20(15)32/h4-12,23,36-37H,3,13H2,1-2H3/b24-22-. The number of rotatable bonds is 9. The summed E-state index contributed by atoms with van der Waals surface area (Å²) in [6.45, 7) is 2.31. The number of anilines is 1. The van der Waals surface area contributed by atoms with Gasteiger partial charge in [-0.1, -0.05) is 52.4 Å². The number of thioether (sulfide) groups is 1. The smallest absolute Gasteiger partial charge is 0.301 e. The van der Waals surface area contributed by atoms with Gasteiger partial charge in [0.2, 0.25) is 5.13 Å². The number of hydrogen-bond donors (Lipinski definition) is 2. The van der Waals surface area contributed by atoms with Crippen molar-refractivity contribution in [1.82, 2.24) is 10.2 Å². The van der Waals surface area contributed by atoms with Crippen LogP contribution in [0.5, 0.6) is 17.2 Å². The molecule has 2 heterocycles. The van der Waals surface area contributed by atoms with Gasteiger partial charge in [0.05, 0.1) is 29.8 Å². The largest absolute Gasteiger partial charge is 0.507 e. The van der Waals surface area contributed by atoms with Crippen LogP contribution in [0.1, 0.15) is 29.7 Å². The highest BCUT2D eigenvalue weighted by molar-refractivity contribution is 9.10. The second-order valence-electron chi connectivity index (χ2n) is 9.06. The summed E-state index contributed by atoms with van der Waals surface area (Å²) < 4.78 is 11.6. The third kappa shape index (κ3) is 6.34. The highest BCUT2D eigenvalue weighted by Crippen LogP contribution is 2.47. The third-order valence-electron chi connectivity index (χ3n) is 6.44. The normalized spacial score (nSPS) is 16.1. The van der Waals surface area contributed by atoms with Crippen molar-refractivity contribution in [2.24, 2.45) is 0 Å². The molecule has 1 amide bonds. The Morgan fingerprint density at radius 1 is 1.12 bits per heavy atom. The number of carbonyl (C=O) groups excluding carboxylic acids is 2. The van der Waals surface area contributed by atoms with Crippen molar-refractivity contribution in [2.75, 3.05) is 18.6 Å². The fraction of sp³-hybridized carbons (Fsp3) is 0.172. The summed E-state index contributed by atoms with van der Waals surface area (Å²) >= 11 is 18.1. The molecule has 5 rings (SSSR count). The minimum Gasteiger partial charge on any atom is -0.507 e. The number of benzene rings is 3. The van der Waals surface area contributed by atoms with Crippen LogP contribution in [0.15, 0.2) is 69.0 Å². The van der Waals surface area contributed by atoms with Gasteiger partial charge in [-0.25, -0.2) is 0 Å². The molecule has 0 saturated carbocycles. The van der Waals surface area contributed by atoms with Gasteiger partial charge in [-0.05, 0) is 82.5 Å². The van der Waals surface area contributed by atoms with Crippen LogP contribution in [-0.2, 0) is 15.3 Å². The molecule has 0 spiro atoms. The highest BCUT2D eigenvalue weighted by Gasteiger charge is 2.48. The fourth-order valence-electron chi connectivity index (χ4n) is 4.42. The minimum atomic E-state index is -1.12. The number of methoxy groups -OCH3 is 1. The van der Waals surface area contributed by atoms with Crippen molar-refractivity contribution in [1.29, 1.82) is 0 Å². The number of phenols is 1. The maximum absolute atomic E-state index is 13.6. The molecular weight excluding hydrogens is 701 g/mol. The van der Waals surface area contributed by atoms with Crippen molar-refractivity contribution < 1.29 is 29.3 Å². The van der Waals surface area contributed by atoms with Crippen molar-refractivity contribution in [3.8, 4) is 17.2 Å². The lowest BCUT2D eigenvalue weighted by molar-refractivity contribution is -0.132. The molecule has 0 radical (unpaired) electrons. The van der Waals surface area contributed by atoms with Crippen LogP contribution < -0.4 is 14.4 Å². The maximum atomic E-state index is 13.6. The van der Waals surface area contributed by atoms with Crippen LogP contribution in [-0.4, -0.2) is 45.8 Å². The van der Waals surface area contributed by atoms with E-state index in [4.69, 9.17) is 32.7 Å². The predicted octanol–water partition coefficient (Wildman–Crippen LogP) is 7.64. The summed E-state index contributed by atoms with van der Waals surface area (Å²) in [5.74, 6) is -1.19. The zero-order valence-corrected chi connectivity index (χ0v) is 27.2. The highest BCUT2D eigenvalue weighted by atomic mass is 79.9. The molecule has 1 aromatic heterocycles. The molecule has 1 atom stereocenters.